The summed E-state index contributed by atoms with van der Waals surface area (Å²) in [7, 11) is 0. The Morgan fingerprint density at radius 3 is 2.76 bits per heavy atom. The van der Waals surface area contributed by atoms with E-state index in [4.69, 9.17) is 4.74 Å². The van der Waals surface area contributed by atoms with Gasteiger partial charge in [-0.25, -0.2) is 0 Å². The van der Waals surface area contributed by atoms with Gasteiger partial charge in [0.1, 0.15) is 0 Å². The minimum Gasteiger partial charge on any atom is -0.377 e. The molecule has 0 radical (unpaired) electrons. The van der Waals surface area contributed by atoms with Gasteiger partial charge >= 0.3 is 0 Å². The monoisotopic (exact) mass is 288 g/mol. The summed E-state index contributed by atoms with van der Waals surface area (Å²) >= 11 is 0. The summed E-state index contributed by atoms with van der Waals surface area (Å²) in [5.74, 6) is 0.677. The normalized spacial score (nSPS) is 30.9. The number of nitrogens with zero attached hydrogens (tertiary/aromatic N) is 1. The van der Waals surface area contributed by atoms with Gasteiger partial charge in [-0.2, -0.15) is 0 Å². The molecule has 3 atom stereocenters. The third-order valence-electron chi connectivity index (χ3n) is 4.89. The van der Waals surface area contributed by atoms with E-state index in [-0.39, 0.29) is 0 Å². The van der Waals surface area contributed by atoms with Crippen molar-refractivity contribution in [2.24, 2.45) is 5.92 Å². The SMILES string of the molecule is CC(C)C1CNC(c2ccccc2)CN1CC1CCCO1. The molecule has 0 bridgehead atoms. The lowest BCUT2D eigenvalue weighted by Crippen LogP contribution is -2.56. The smallest absolute Gasteiger partial charge is 0.0702 e. The van der Waals surface area contributed by atoms with E-state index in [0.717, 1.165) is 26.2 Å². The number of hydrogen-bond acceptors (Lipinski definition) is 3. The molecule has 3 unspecified atom stereocenters. The van der Waals surface area contributed by atoms with Crippen LogP contribution in [0.4, 0.5) is 0 Å². The molecular formula is C18H28N2O. The second-order valence-corrected chi connectivity index (χ2v) is 6.77. The quantitative estimate of drug-likeness (QED) is 0.922. The van der Waals surface area contributed by atoms with Crippen LogP contribution in [0.2, 0.25) is 0 Å². The van der Waals surface area contributed by atoms with Crippen molar-refractivity contribution in [2.45, 2.75) is 44.9 Å². The Balaban J connectivity index is 1.69. The van der Waals surface area contributed by atoms with Crippen LogP contribution in [-0.2, 0) is 4.74 Å². The number of ether oxygens (including phenoxy) is 1. The molecule has 3 heteroatoms. The highest BCUT2D eigenvalue weighted by Crippen LogP contribution is 2.25. The predicted molar refractivity (Wildman–Crippen MR) is 86.4 cm³/mol. The second kappa shape index (κ2) is 6.91. The molecule has 3 nitrogen and oxygen atoms in total. The van der Waals surface area contributed by atoms with Gasteiger partial charge in [-0.3, -0.25) is 4.90 Å². The molecule has 0 amide bonds. The Bertz CT molecular complexity index is 428. The third-order valence-corrected chi connectivity index (χ3v) is 4.89. The molecule has 0 spiro atoms. The number of hydrogen-bond donors (Lipinski definition) is 1. The van der Waals surface area contributed by atoms with E-state index in [9.17, 15) is 0 Å². The summed E-state index contributed by atoms with van der Waals surface area (Å²) in [6, 6.07) is 11.9. The number of nitrogens with one attached hydrogen (secondary N) is 1. The van der Waals surface area contributed by atoms with E-state index >= 15 is 0 Å². The molecule has 21 heavy (non-hydrogen) atoms. The maximum Gasteiger partial charge on any atom is 0.0702 e. The lowest BCUT2D eigenvalue weighted by molar-refractivity contribution is 0.0268. The standard InChI is InChI=1S/C18H28N2O/c1-14(2)18-11-19-17(15-7-4-3-5-8-15)13-20(18)12-16-9-6-10-21-16/h3-5,7-8,14,16-19H,6,9-13H2,1-2H3. The minimum atomic E-state index is 0.445. The van der Waals surface area contributed by atoms with Crippen LogP contribution in [0.25, 0.3) is 0 Å². The number of benzene rings is 1. The van der Waals surface area contributed by atoms with Crippen LogP contribution in [0.5, 0.6) is 0 Å². The second-order valence-electron chi connectivity index (χ2n) is 6.77. The van der Waals surface area contributed by atoms with Gasteiger partial charge in [-0.1, -0.05) is 44.2 Å². The summed E-state index contributed by atoms with van der Waals surface area (Å²) in [6.07, 6.45) is 2.90. The summed E-state index contributed by atoms with van der Waals surface area (Å²) in [6.45, 7) is 8.87. The summed E-state index contributed by atoms with van der Waals surface area (Å²) < 4.78 is 5.86. The first-order chi connectivity index (χ1) is 10.2. The van der Waals surface area contributed by atoms with Crippen molar-refractivity contribution in [3.63, 3.8) is 0 Å². The fourth-order valence-electron chi connectivity index (χ4n) is 3.65. The molecule has 0 saturated carbocycles. The molecule has 0 aliphatic carbocycles. The molecule has 3 rings (SSSR count). The highest BCUT2D eigenvalue weighted by Gasteiger charge is 2.32. The zero-order valence-corrected chi connectivity index (χ0v) is 13.3. The van der Waals surface area contributed by atoms with Gasteiger partial charge in [0, 0.05) is 38.3 Å². The van der Waals surface area contributed by atoms with Crippen molar-refractivity contribution in [1.82, 2.24) is 10.2 Å². The van der Waals surface area contributed by atoms with Crippen molar-refractivity contribution in [1.29, 1.82) is 0 Å². The van der Waals surface area contributed by atoms with Crippen LogP contribution in [0.1, 0.15) is 38.3 Å². The maximum atomic E-state index is 5.86. The van der Waals surface area contributed by atoms with Crippen molar-refractivity contribution >= 4 is 0 Å². The van der Waals surface area contributed by atoms with Crippen molar-refractivity contribution in [2.75, 3.05) is 26.2 Å². The zero-order chi connectivity index (χ0) is 14.7. The molecule has 2 heterocycles. The van der Waals surface area contributed by atoms with E-state index in [1.54, 1.807) is 0 Å². The third kappa shape index (κ3) is 3.65. The topological polar surface area (TPSA) is 24.5 Å². The van der Waals surface area contributed by atoms with Crippen LogP contribution in [0, 0.1) is 5.92 Å². The summed E-state index contributed by atoms with van der Waals surface area (Å²) in [4.78, 5) is 2.66. The highest BCUT2D eigenvalue weighted by molar-refractivity contribution is 5.20. The first kappa shape index (κ1) is 15.0. The molecule has 1 N–H and O–H groups in total. The van der Waals surface area contributed by atoms with Gasteiger partial charge in [0.25, 0.3) is 0 Å². The Kier molecular flexibility index (Phi) is 4.94. The van der Waals surface area contributed by atoms with Gasteiger partial charge in [0.2, 0.25) is 0 Å². The Morgan fingerprint density at radius 2 is 2.10 bits per heavy atom. The van der Waals surface area contributed by atoms with Gasteiger partial charge < -0.3 is 10.1 Å². The first-order valence-corrected chi connectivity index (χ1v) is 8.38. The van der Waals surface area contributed by atoms with Gasteiger partial charge in [0.15, 0.2) is 0 Å². The average Bonchev–Trinajstić information content (AvgIpc) is 3.01. The molecule has 116 valence electrons. The highest BCUT2D eigenvalue weighted by atomic mass is 16.5. The van der Waals surface area contributed by atoms with Crippen LogP contribution in [0.15, 0.2) is 30.3 Å². The lowest BCUT2D eigenvalue weighted by atomic mass is 9.95. The molecule has 2 saturated heterocycles. The predicted octanol–water partition coefficient (Wildman–Crippen LogP) is 2.84. The van der Waals surface area contributed by atoms with Crippen LogP contribution >= 0.6 is 0 Å². The van der Waals surface area contributed by atoms with Gasteiger partial charge in [-0.05, 0) is 24.3 Å². The fraction of sp³-hybridized carbons (Fsp3) is 0.667. The van der Waals surface area contributed by atoms with Crippen molar-refractivity contribution in [3.05, 3.63) is 35.9 Å². The molecule has 1 aromatic carbocycles. The molecule has 2 aliphatic heterocycles. The van der Waals surface area contributed by atoms with Gasteiger partial charge in [0.05, 0.1) is 6.10 Å². The summed E-state index contributed by atoms with van der Waals surface area (Å²) in [5, 5.41) is 3.74. The molecule has 2 fully saturated rings. The van der Waals surface area contributed by atoms with E-state index < -0.39 is 0 Å². The van der Waals surface area contributed by atoms with E-state index in [1.807, 2.05) is 0 Å². The zero-order valence-electron chi connectivity index (χ0n) is 13.3. The average molecular weight is 288 g/mol. The molecule has 0 aromatic heterocycles. The minimum absolute atomic E-state index is 0.445. The first-order valence-electron chi connectivity index (χ1n) is 8.38. The van der Waals surface area contributed by atoms with Crippen molar-refractivity contribution in [3.8, 4) is 0 Å². The van der Waals surface area contributed by atoms with Crippen LogP contribution in [0.3, 0.4) is 0 Å². The maximum absolute atomic E-state index is 5.86. The molecular weight excluding hydrogens is 260 g/mol. The Morgan fingerprint density at radius 1 is 1.29 bits per heavy atom. The van der Waals surface area contributed by atoms with Gasteiger partial charge in [-0.15, -0.1) is 0 Å². The molecule has 1 aromatic rings. The van der Waals surface area contributed by atoms with Crippen molar-refractivity contribution < 1.29 is 4.74 Å². The Labute approximate surface area is 128 Å². The van der Waals surface area contributed by atoms with E-state index in [1.165, 1.54) is 18.4 Å². The van der Waals surface area contributed by atoms with E-state index in [0.29, 0.717) is 24.1 Å². The number of rotatable bonds is 4. The van der Waals surface area contributed by atoms with Crippen LogP contribution < -0.4 is 5.32 Å². The Hall–Kier alpha value is -0.900. The summed E-state index contributed by atoms with van der Waals surface area (Å²) in [5.41, 5.74) is 1.40. The largest absolute Gasteiger partial charge is 0.377 e. The lowest BCUT2D eigenvalue weighted by Gasteiger charge is -2.43. The molecule has 2 aliphatic rings. The van der Waals surface area contributed by atoms with Crippen LogP contribution in [-0.4, -0.2) is 43.3 Å². The number of piperazine rings is 1. The van der Waals surface area contributed by atoms with E-state index in [2.05, 4.69) is 54.4 Å². The fourth-order valence-corrected chi connectivity index (χ4v) is 3.65.